The molecule has 0 bridgehead atoms. The van der Waals surface area contributed by atoms with Gasteiger partial charge in [-0.2, -0.15) is 4.99 Å². The third-order valence-corrected chi connectivity index (χ3v) is 2.36. The molecular weight excluding hydrogens is 216 g/mol. The first-order valence-electron chi connectivity index (χ1n) is 5.27. The lowest BCUT2D eigenvalue weighted by atomic mass is 10.1. The largest absolute Gasteiger partial charge is 0.522 e. The zero-order valence-corrected chi connectivity index (χ0v) is 10.4. The van der Waals surface area contributed by atoms with E-state index in [1.165, 1.54) is 5.56 Å². The number of hydrazine groups is 1. The SMILES string of the molecule is Cc1cc(C)c([NH+]=C(N)[NH+]=C(N)NN)c(C)c1. The lowest BCUT2D eigenvalue weighted by molar-refractivity contribution is -0.460. The van der Waals surface area contributed by atoms with Crippen molar-refractivity contribution in [3.63, 3.8) is 0 Å². The minimum atomic E-state index is 0.178. The lowest BCUT2D eigenvalue weighted by Crippen LogP contribution is -2.96. The summed E-state index contributed by atoms with van der Waals surface area (Å²) >= 11 is 0. The van der Waals surface area contributed by atoms with Crippen LogP contribution in [0.15, 0.2) is 12.1 Å². The number of hydrogen-bond donors (Lipinski definition) is 6. The van der Waals surface area contributed by atoms with Gasteiger partial charge in [-0.1, -0.05) is 17.7 Å². The zero-order chi connectivity index (χ0) is 13.0. The molecule has 0 radical (unpaired) electrons. The van der Waals surface area contributed by atoms with Crippen LogP contribution in [-0.4, -0.2) is 11.9 Å². The number of aryl methyl sites for hydroxylation is 3. The van der Waals surface area contributed by atoms with Crippen LogP contribution < -0.4 is 32.7 Å². The second-order valence-corrected chi connectivity index (χ2v) is 4.00. The molecule has 9 N–H and O–H groups in total. The predicted octanol–water partition coefficient (Wildman–Crippen LogP) is -3.50. The number of nitrogens with two attached hydrogens (primary N) is 3. The molecule has 0 heterocycles. The van der Waals surface area contributed by atoms with Crippen molar-refractivity contribution < 1.29 is 9.98 Å². The molecule has 0 atom stereocenters. The highest BCUT2D eigenvalue weighted by atomic mass is 15.3. The molecule has 0 aliphatic heterocycles. The Morgan fingerprint density at radius 1 is 1.12 bits per heavy atom. The van der Waals surface area contributed by atoms with Crippen LogP contribution in [-0.2, 0) is 0 Å². The van der Waals surface area contributed by atoms with Gasteiger partial charge in [0, 0.05) is 11.1 Å². The minimum Gasteiger partial charge on any atom is -0.343 e. The first-order chi connectivity index (χ1) is 7.93. The van der Waals surface area contributed by atoms with Crippen LogP contribution in [0.3, 0.4) is 0 Å². The van der Waals surface area contributed by atoms with Gasteiger partial charge in [0.2, 0.25) is 0 Å². The summed E-state index contributed by atoms with van der Waals surface area (Å²) in [6, 6.07) is 4.16. The molecule has 1 aromatic carbocycles. The van der Waals surface area contributed by atoms with Crippen LogP contribution in [0.5, 0.6) is 0 Å². The fourth-order valence-corrected chi connectivity index (χ4v) is 1.72. The molecule has 0 fully saturated rings. The summed E-state index contributed by atoms with van der Waals surface area (Å²) in [7, 11) is 0. The van der Waals surface area contributed by atoms with Gasteiger partial charge in [-0.3, -0.25) is 5.43 Å². The summed E-state index contributed by atoms with van der Waals surface area (Å²) in [6.07, 6.45) is 0. The van der Waals surface area contributed by atoms with E-state index in [4.69, 9.17) is 17.3 Å². The van der Waals surface area contributed by atoms with Gasteiger partial charge in [-0.25, -0.2) is 11.6 Å². The smallest absolute Gasteiger partial charge is 0.343 e. The molecule has 1 aromatic rings. The quantitative estimate of drug-likeness (QED) is 0.131. The van der Waals surface area contributed by atoms with Crippen LogP contribution in [0.25, 0.3) is 0 Å². The Kier molecular flexibility index (Phi) is 4.06. The monoisotopic (exact) mass is 236 g/mol. The Bertz CT molecular complexity index is 452. The van der Waals surface area contributed by atoms with Gasteiger partial charge in [0.05, 0.1) is 0 Å². The normalized spacial score (nSPS) is 12.7. The first kappa shape index (κ1) is 13.0. The summed E-state index contributed by atoms with van der Waals surface area (Å²) in [5.74, 6) is 5.62. The van der Waals surface area contributed by atoms with Gasteiger partial charge in [-0.05, 0) is 20.8 Å². The highest BCUT2D eigenvalue weighted by molar-refractivity contribution is 5.77. The van der Waals surface area contributed by atoms with Crippen molar-refractivity contribution in [3.8, 4) is 0 Å². The van der Waals surface area contributed by atoms with Crippen LogP contribution in [0.4, 0.5) is 5.69 Å². The Morgan fingerprint density at radius 3 is 2.12 bits per heavy atom. The fraction of sp³-hybridized carbons (Fsp3) is 0.273. The number of nitrogens with one attached hydrogen (secondary N) is 3. The molecule has 0 amide bonds. The molecule has 92 valence electrons. The molecule has 0 aromatic heterocycles. The molecule has 0 aliphatic carbocycles. The van der Waals surface area contributed by atoms with E-state index in [2.05, 4.69) is 34.5 Å². The molecule has 6 nitrogen and oxygen atoms in total. The zero-order valence-electron chi connectivity index (χ0n) is 10.4. The maximum Gasteiger partial charge on any atom is 0.522 e. The summed E-state index contributed by atoms with van der Waals surface area (Å²) in [5.41, 5.74) is 17.9. The number of rotatable bonds is 1. The molecule has 0 saturated heterocycles. The fourth-order valence-electron chi connectivity index (χ4n) is 1.72. The van der Waals surface area contributed by atoms with Crippen molar-refractivity contribution in [1.29, 1.82) is 0 Å². The topological polar surface area (TPSA) is 118 Å². The van der Waals surface area contributed by atoms with Gasteiger partial charge in [0.15, 0.2) is 5.69 Å². The maximum absolute atomic E-state index is 5.76. The van der Waals surface area contributed by atoms with E-state index >= 15 is 0 Å². The third kappa shape index (κ3) is 3.46. The van der Waals surface area contributed by atoms with Crippen molar-refractivity contribution in [2.45, 2.75) is 20.8 Å². The molecule has 0 saturated carbocycles. The van der Waals surface area contributed by atoms with Gasteiger partial charge in [0.25, 0.3) is 0 Å². The van der Waals surface area contributed by atoms with E-state index in [0.29, 0.717) is 5.96 Å². The molecule has 0 unspecified atom stereocenters. The van der Waals surface area contributed by atoms with Gasteiger partial charge >= 0.3 is 11.9 Å². The second-order valence-electron chi connectivity index (χ2n) is 4.00. The molecule has 6 heteroatoms. The summed E-state index contributed by atoms with van der Waals surface area (Å²) < 4.78 is 0. The average molecular weight is 236 g/mol. The van der Waals surface area contributed by atoms with Crippen molar-refractivity contribution in [1.82, 2.24) is 5.43 Å². The van der Waals surface area contributed by atoms with Crippen LogP contribution in [0, 0.1) is 20.8 Å². The standard InChI is InChI=1S/C11H18N6/c1-6-4-7(2)9(8(3)5-6)15-10(12)16-11(13)17-14/h4-5H,14H2,1-3H3,(H5,12,13,15,16,17)/p+2. The van der Waals surface area contributed by atoms with E-state index in [9.17, 15) is 0 Å². The third-order valence-electron chi connectivity index (χ3n) is 2.36. The summed E-state index contributed by atoms with van der Waals surface area (Å²) in [4.78, 5) is 5.75. The average Bonchev–Trinajstić information content (AvgIpc) is 2.23. The van der Waals surface area contributed by atoms with E-state index in [1.807, 2.05) is 13.8 Å². The van der Waals surface area contributed by atoms with Crippen molar-refractivity contribution in [3.05, 3.63) is 28.8 Å². The minimum absolute atomic E-state index is 0.178. The van der Waals surface area contributed by atoms with E-state index in [0.717, 1.165) is 16.8 Å². The molecule has 17 heavy (non-hydrogen) atoms. The number of guanidine groups is 2. The Labute approximate surface area is 101 Å². The molecular formula is C11H20N6+2. The summed E-state index contributed by atoms with van der Waals surface area (Å²) in [5, 5.41) is 0. The van der Waals surface area contributed by atoms with E-state index < -0.39 is 0 Å². The predicted molar refractivity (Wildman–Crippen MR) is 68.0 cm³/mol. The Balaban J connectivity index is 3.15. The van der Waals surface area contributed by atoms with E-state index in [1.54, 1.807) is 0 Å². The molecule has 0 spiro atoms. The van der Waals surface area contributed by atoms with Crippen molar-refractivity contribution >= 4 is 17.6 Å². The van der Waals surface area contributed by atoms with Crippen molar-refractivity contribution in [2.75, 3.05) is 0 Å². The van der Waals surface area contributed by atoms with Crippen molar-refractivity contribution in [2.24, 2.45) is 17.3 Å². The maximum atomic E-state index is 5.76. The highest BCUT2D eigenvalue weighted by Crippen LogP contribution is 2.16. The second kappa shape index (κ2) is 5.31. The van der Waals surface area contributed by atoms with Crippen LogP contribution in [0.1, 0.15) is 16.7 Å². The van der Waals surface area contributed by atoms with Gasteiger partial charge in [-0.15, -0.1) is 4.99 Å². The number of hydrogen-bond acceptors (Lipinski definition) is 1. The highest BCUT2D eigenvalue weighted by Gasteiger charge is 2.11. The van der Waals surface area contributed by atoms with Gasteiger partial charge in [0.1, 0.15) is 0 Å². The van der Waals surface area contributed by atoms with Crippen LogP contribution >= 0.6 is 0 Å². The first-order valence-corrected chi connectivity index (χ1v) is 5.27. The van der Waals surface area contributed by atoms with E-state index in [-0.39, 0.29) is 5.96 Å². The van der Waals surface area contributed by atoms with Crippen LogP contribution in [0.2, 0.25) is 0 Å². The molecule has 1 rings (SSSR count). The summed E-state index contributed by atoms with van der Waals surface area (Å²) in [6.45, 7) is 6.09. The molecule has 0 aliphatic rings. The Hall–Kier alpha value is -2.08. The number of benzene rings is 1. The van der Waals surface area contributed by atoms with Gasteiger partial charge < -0.3 is 5.73 Å². The Morgan fingerprint density at radius 2 is 1.65 bits per heavy atom. The lowest BCUT2D eigenvalue weighted by Gasteiger charge is -2.02.